The number of carbonyl (C=O) groups excluding carboxylic acids is 1. The van der Waals surface area contributed by atoms with E-state index in [1.807, 2.05) is 65.2 Å². The average Bonchev–Trinajstić information content (AvgIpc) is 3.10. The summed E-state index contributed by atoms with van der Waals surface area (Å²) in [7, 11) is 0. The average molecular weight is 410 g/mol. The Hall–Kier alpha value is -2.79. The van der Waals surface area contributed by atoms with Crippen molar-refractivity contribution < 1.29 is 9.53 Å². The SMILES string of the molecule is Cc1nn(Cc2ccccc2)cc1C(=O)N1CCC(Oc2ccc(Cl)cc2)CC1. The molecule has 1 amide bonds. The van der Waals surface area contributed by atoms with E-state index < -0.39 is 0 Å². The minimum absolute atomic E-state index is 0.0479. The van der Waals surface area contributed by atoms with Crippen LogP contribution < -0.4 is 4.74 Å². The Bertz CT molecular complexity index is 962. The Morgan fingerprint density at radius 2 is 1.79 bits per heavy atom. The van der Waals surface area contributed by atoms with Crippen molar-refractivity contribution in [1.82, 2.24) is 14.7 Å². The van der Waals surface area contributed by atoms with E-state index in [2.05, 4.69) is 17.2 Å². The van der Waals surface area contributed by atoms with Crippen molar-refractivity contribution in [3.8, 4) is 5.75 Å². The maximum Gasteiger partial charge on any atom is 0.257 e. The fourth-order valence-electron chi connectivity index (χ4n) is 3.63. The van der Waals surface area contributed by atoms with Crippen LogP contribution in [0.5, 0.6) is 5.75 Å². The van der Waals surface area contributed by atoms with Crippen molar-refractivity contribution in [2.24, 2.45) is 0 Å². The van der Waals surface area contributed by atoms with E-state index in [1.54, 1.807) is 0 Å². The zero-order valence-corrected chi connectivity index (χ0v) is 17.2. The number of likely N-dealkylation sites (tertiary alicyclic amines) is 1. The Balaban J connectivity index is 1.35. The first kappa shape index (κ1) is 19.5. The molecule has 29 heavy (non-hydrogen) atoms. The number of amides is 1. The number of piperidine rings is 1. The topological polar surface area (TPSA) is 47.4 Å². The van der Waals surface area contributed by atoms with Gasteiger partial charge in [-0.15, -0.1) is 0 Å². The van der Waals surface area contributed by atoms with Gasteiger partial charge in [-0.2, -0.15) is 5.10 Å². The van der Waals surface area contributed by atoms with Gasteiger partial charge in [0.25, 0.3) is 5.91 Å². The fraction of sp³-hybridized carbons (Fsp3) is 0.304. The Morgan fingerprint density at radius 1 is 1.10 bits per heavy atom. The van der Waals surface area contributed by atoms with Crippen LogP contribution in [0.1, 0.15) is 34.5 Å². The van der Waals surface area contributed by atoms with Crippen molar-refractivity contribution in [3.63, 3.8) is 0 Å². The summed E-state index contributed by atoms with van der Waals surface area (Å²) in [5.74, 6) is 0.865. The number of carbonyl (C=O) groups is 1. The lowest BCUT2D eigenvalue weighted by atomic mass is 10.1. The second-order valence-corrected chi connectivity index (χ2v) is 7.81. The van der Waals surface area contributed by atoms with Gasteiger partial charge in [0.05, 0.1) is 17.8 Å². The van der Waals surface area contributed by atoms with E-state index in [1.165, 1.54) is 0 Å². The van der Waals surface area contributed by atoms with Gasteiger partial charge >= 0.3 is 0 Å². The van der Waals surface area contributed by atoms with E-state index in [0.29, 0.717) is 30.2 Å². The fourth-order valence-corrected chi connectivity index (χ4v) is 3.76. The summed E-state index contributed by atoms with van der Waals surface area (Å²) in [5, 5.41) is 5.23. The first-order valence-corrected chi connectivity index (χ1v) is 10.3. The molecule has 2 aromatic carbocycles. The van der Waals surface area contributed by atoms with Gasteiger partial charge in [-0.1, -0.05) is 41.9 Å². The quantitative estimate of drug-likeness (QED) is 0.619. The Morgan fingerprint density at radius 3 is 2.48 bits per heavy atom. The number of hydrogen-bond donors (Lipinski definition) is 0. The third kappa shape index (κ3) is 4.80. The number of nitrogens with zero attached hydrogens (tertiary/aromatic N) is 3. The Kier molecular flexibility index (Phi) is 5.86. The summed E-state index contributed by atoms with van der Waals surface area (Å²) in [6, 6.07) is 17.5. The molecule has 0 aliphatic carbocycles. The van der Waals surface area contributed by atoms with Crippen LogP contribution in [0.25, 0.3) is 0 Å². The van der Waals surface area contributed by atoms with E-state index in [9.17, 15) is 4.79 Å². The summed E-state index contributed by atoms with van der Waals surface area (Å²) in [6.07, 6.45) is 3.60. The molecule has 0 spiro atoms. The summed E-state index contributed by atoms with van der Waals surface area (Å²) < 4.78 is 7.87. The van der Waals surface area contributed by atoms with Crippen molar-refractivity contribution >= 4 is 17.5 Å². The van der Waals surface area contributed by atoms with E-state index in [-0.39, 0.29) is 12.0 Å². The lowest BCUT2D eigenvalue weighted by Crippen LogP contribution is -2.41. The summed E-state index contributed by atoms with van der Waals surface area (Å²) in [4.78, 5) is 14.9. The highest BCUT2D eigenvalue weighted by atomic mass is 35.5. The molecule has 0 unspecified atom stereocenters. The van der Waals surface area contributed by atoms with E-state index in [0.717, 1.165) is 29.8 Å². The molecule has 6 heteroatoms. The zero-order chi connectivity index (χ0) is 20.2. The molecule has 2 heterocycles. The van der Waals surface area contributed by atoms with Gasteiger partial charge in [-0.25, -0.2) is 0 Å². The molecule has 150 valence electrons. The lowest BCUT2D eigenvalue weighted by molar-refractivity contribution is 0.0595. The van der Waals surface area contributed by atoms with Crippen molar-refractivity contribution in [3.05, 3.63) is 82.6 Å². The Labute approximate surface area is 175 Å². The number of ether oxygens (including phenoxy) is 1. The minimum Gasteiger partial charge on any atom is -0.490 e. The van der Waals surface area contributed by atoms with Crippen molar-refractivity contribution in [2.75, 3.05) is 13.1 Å². The van der Waals surface area contributed by atoms with Crippen molar-refractivity contribution in [2.45, 2.75) is 32.4 Å². The van der Waals surface area contributed by atoms with Crippen LogP contribution in [0, 0.1) is 6.92 Å². The van der Waals surface area contributed by atoms with E-state index >= 15 is 0 Å². The molecule has 5 nitrogen and oxygen atoms in total. The normalized spacial score (nSPS) is 14.8. The van der Waals surface area contributed by atoms with Crippen LogP contribution in [-0.4, -0.2) is 39.8 Å². The summed E-state index contributed by atoms with van der Waals surface area (Å²) in [6.45, 7) is 3.91. The van der Waals surface area contributed by atoms with Gasteiger partial charge in [0.15, 0.2) is 0 Å². The highest BCUT2D eigenvalue weighted by molar-refractivity contribution is 6.30. The van der Waals surface area contributed by atoms with Crippen LogP contribution in [0.15, 0.2) is 60.8 Å². The molecule has 1 aliphatic rings. The van der Waals surface area contributed by atoms with Crippen LogP contribution in [0.4, 0.5) is 0 Å². The molecule has 1 aliphatic heterocycles. The predicted molar refractivity (Wildman–Crippen MR) is 114 cm³/mol. The third-order valence-corrected chi connectivity index (χ3v) is 5.46. The second kappa shape index (κ2) is 8.70. The van der Waals surface area contributed by atoms with Crippen LogP contribution in [-0.2, 0) is 6.54 Å². The molecule has 1 fully saturated rings. The van der Waals surface area contributed by atoms with Crippen LogP contribution in [0.2, 0.25) is 5.02 Å². The van der Waals surface area contributed by atoms with Gasteiger partial charge in [0.2, 0.25) is 0 Å². The maximum absolute atomic E-state index is 13.0. The maximum atomic E-state index is 13.0. The highest BCUT2D eigenvalue weighted by Crippen LogP contribution is 2.22. The van der Waals surface area contributed by atoms with Gasteiger partial charge < -0.3 is 9.64 Å². The van der Waals surface area contributed by atoms with Gasteiger partial charge in [-0.3, -0.25) is 9.48 Å². The van der Waals surface area contributed by atoms with Crippen molar-refractivity contribution in [1.29, 1.82) is 0 Å². The first-order chi connectivity index (χ1) is 14.1. The number of aromatic nitrogens is 2. The number of benzene rings is 2. The zero-order valence-electron chi connectivity index (χ0n) is 16.4. The molecule has 0 radical (unpaired) electrons. The molecule has 4 rings (SSSR count). The van der Waals surface area contributed by atoms with Crippen LogP contribution in [0.3, 0.4) is 0 Å². The third-order valence-electron chi connectivity index (χ3n) is 5.21. The lowest BCUT2D eigenvalue weighted by Gasteiger charge is -2.32. The number of aryl methyl sites for hydroxylation is 1. The van der Waals surface area contributed by atoms with Crippen LogP contribution >= 0.6 is 11.6 Å². The predicted octanol–water partition coefficient (Wildman–Crippen LogP) is 4.58. The summed E-state index contributed by atoms with van der Waals surface area (Å²) in [5.41, 5.74) is 2.61. The smallest absolute Gasteiger partial charge is 0.257 e. The molecule has 3 aromatic rings. The molecule has 0 atom stereocenters. The minimum atomic E-state index is 0.0479. The van der Waals surface area contributed by atoms with Gasteiger partial charge in [0, 0.05) is 37.2 Å². The highest BCUT2D eigenvalue weighted by Gasteiger charge is 2.26. The number of halogens is 1. The number of rotatable bonds is 5. The standard InChI is InChI=1S/C23H24ClN3O2/c1-17-22(16-27(25-17)15-18-5-3-2-4-6-18)23(28)26-13-11-21(12-14-26)29-20-9-7-19(24)8-10-20/h2-10,16,21H,11-15H2,1H3. The van der Waals surface area contributed by atoms with Gasteiger partial charge in [-0.05, 0) is 36.8 Å². The molecule has 0 saturated carbocycles. The molecule has 1 aromatic heterocycles. The molecule has 0 bridgehead atoms. The number of hydrogen-bond acceptors (Lipinski definition) is 3. The molecule has 0 N–H and O–H groups in total. The largest absolute Gasteiger partial charge is 0.490 e. The molecule has 1 saturated heterocycles. The molecular weight excluding hydrogens is 386 g/mol. The second-order valence-electron chi connectivity index (χ2n) is 7.37. The monoisotopic (exact) mass is 409 g/mol. The van der Waals surface area contributed by atoms with E-state index in [4.69, 9.17) is 16.3 Å². The first-order valence-electron chi connectivity index (χ1n) is 9.88. The summed E-state index contributed by atoms with van der Waals surface area (Å²) >= 11 is 5.92. The molecular formula is C23H24ClN3O2. The van der Waals surface area contributed by atoms with Gasteiger partial charge in [0.1, 0.15) is 11.9 Å².